The van der Waals surface area contributed by atoms with Gasteiger partial charge in [-0.2, -0.15) is 0 Å². The molecule has 0 amide bonds. The number of aromatic nitrogens is 2. The number of hydrogen-bond acceptors (Lipinski definition) is 2. The molecule has 18 heavy (non-hydrogen) atoms. The van der Waals surface area contributed by atoms with E-state index in [0.717, 1.165) is 6.54 Å². The summed E-state index contributed by atoms with van der Waals surface area (Å²) in [6.45, 7) is 4.86. The lowest BCUT2D eigenvalue weighted by molar-refractivity contribution is -0.136. The third-order valence-corrected chi connectivity index (χ3v) is 2.88. The molecule has 0 aliphatic heterocycles. The number of rotatable bonds is 4. The fraction of sp³-hybridized carbons (Fsp3) is 0.286. The Labute approximate surface area is 106 Å². The summed E-state index contributed by atoms with van der Waals surface area (Å²) in [5.74, 6) is -0.855. The van der Waals surface area contributed by atoms with Gasteiger partial charge in [-0.15, -0.1) is 0 Å². The molecule has 0 aliphatic carbocycles. The topological polar surface area (TPSA) is 55.1 Å². The van der Waals surface area contributed by atoms with Gasteiger partial charge in [0.2, 0.25) is 0 Å². The summed E-state index contributed by atoms with van der Waals surface area (Å²) in [4.78, 5) is 14.7. The summed E-state index contributed by atoms with van der Waals surface area (Å²) in [5.41, 5.74) is 4.28. The minimum Gasteiger partial charge on any atom is -0.481 e. The van der Waals surface area contributed by atoms with Gasteiger partial charge in [-0.05, 0) is 25.0 Å². The normalized spacial score (nSPS) is 10.6. The second-order valence-electron chi connectivity index (χ2n) is 4.54. The van der Waals surface area contributed by atoms with Crippen LogP contribution in [-0.4, -0.2) is 20.6 Å². The van der Waals surface area contributed by atoms with E-state index in [9.17, 15) is 4.79 Å². The van der Waals surface area contributed by atoms with Crippen molar-refractivity contribution in [2.75, 3.05) is 0 Å². The van der Waals surface area contributed by atoms with Gasteiger partial charge in [0.15, 0.2) is 0 Å². The maximum Gasteiger partial charge on any atom is 0.309 e. The minimum atomic E-state index is -0.855. The molecule has 2 rings (SSSR count). The SMILES string of the molecule is Cc1ccc(C)c(Cn2cnc(CC(=O)O)c2)c1. The van der Waals surface area contributed by atoms with E-state index in [1.54, 1.807) is 12.5 Å². The van der Waals surface area contributed by atoms with Crippen molar-refractivity contribution in [1.29, 1.82) is 0 Å². The largest absolute Gasteiger partial charge is 0.481 e. The average molecular weight is 244 g/mol. The second kappa shape index (κ2) is 5.04. The molecule has 0 aliphatic rings. The highest BCUT2D eigenvalue weighted by Gasteiger charge is 2.05. The Morgan fingerprint density at radius 2 is 2.17 bits per heavy atom. The van der Waals surface area contributed by atoms with Crippen molar-refractivity contribution in [1.82, 2.24) is 9.55 Å². The molecule has 2 aromatic rings. The van der Waals surface area contributed by atoms with E-state index in [4.69, 9.17) is 5.11 Å². The zero-order valence-electron chi connectivity index (χ0n) is 10.6. The van der Waals surface area contributed by atoms with Crippen molar-refractivity contribution < 1.29 is 9.90 Å². The quantitative estimate of drug-likeness (QED) is 0.896. The third-order valence-electron chi connectivity index (χ3n) is 2.88. The monoisotopic (exact) mass is 244 g/mol. The van der Waals surface area contributed by atoms with Crippen molar-refractivity contribution in [2.24, 2.45) is 0 Å². The van der Waals surface area contributed by atoms with E-state index in [0.29, 0.717) is 5.69 Å². The first-order chi connectivity index (χ1) is 8.54. The summed E-state index contributed by atoms with van der Waals surface area (Å²) >= 11 is 0. The van der Waals surface area contributed by atoms with Crippen LogP contribution in [0.4, 0.5) is 0 Å². The Balaban J connectivity index is 2.16. The fourth-order valence-electron chi connectivity index (χ4n) is 1.91. The van der Waals surface area contributed by atoms with E-state index in [2.05, 4.69) is 37.0 Å². The van der Waals surface area contributed by atoms with Crippen molar-refractivity contribution in [2.45, 2.75) is 26.8 Å². The summed E-state index contributed by atoms with van der Waals surface area (Å²) in [5, 5.41) is 8.70. The molecular weight excluding hydrogens is 228 g/mol. The number of benzene rings is 1. The van der Waals surface area contributed by atoms with Crippen LogP contribution in [0.15, 0.2) is 30.7 Å². The number of carbonyl (C=O) groups is 1. The van der Waals surface area contributed by atoms with Crippen LogP contribution in [0.2, 0.25) is 0 Å². The average Bonchev–Trinajstić information content (AvgIpc) is 2.70. The molecule has 1 aromatic carbocycles. The zero-order chi connectivity index (χ0) is 13.1. The van der Waals surface area contributed by atoms with E-state index >= 15 is 0 Å². The van der Waals surface area contributed by atoms with Gasteiger partial charge in [-0.25, -0.2) is 4.98 Å². The number of carboxylic acid groups (broad SMARTS) is 1. The Morgan fingerprint density at radius 1 is 1.39 bits per heavy atom. The first kappa shape index (κ1) is 12.4. The molecule has 0 spiro atoms. The van der Waals surface area contributed by atoms with Crippen LogP contribution < -0.4 is 0 Å². The van der Waals surface area contributed by atoms with Gasteiger partial charge in [-0.3, -0.25) is 4.79 Å². The van der Waals surface area contributed by atoms with Gasteiger partial charge in [-0.1, -0.05) is 23.8 Å². The van der Waals surface area contributed by atoms with Gasteiger partial charge in [0.1, 0.15) is 0 Å². The molecule has 0 bridgehead atoms. The maximum atomic E-state index is 10.6. The van der Waals surface area contributed by atoms with Gasteiger partial charge >= 0.3 is 5.97 Å². The highest BCUT2D eigenvalue weighted by molar-refractivity contribution is 5.69. The van der Waals surface area contributed by atoms with Crippen LogP contribution in [0, 0.1) is 13.8 Å². The van der Waals surface area contributed by atoms with Gasteiger partial charge in [0.05, 0.1) is 18.4 Å². The maximum absolute atomic E-state index is 10.6. The Morgan fingerprint density at radius 3 is 2.89 bits per heavy atom. The van der Waals surface area contributed by atoms with E-state index < -0.39 is 5.97 Å². The number of nitrogens with zero attached hydrogens (tertiary/aromatic N) is 2. The number of imidazole rings is 1. The molecule has 1 aromatic heterocycles. The molecular formula is C14H16N2O2. The molecule has 0 fully saturated rings. The number of aliphatic carboxylic acids is 1. The molecule has 4 heteroatoms. The van der Waals surface area contributed by atoms with E-state index in [-0.39, 0.29) is 6.42 Å². The molecule has 4 nitrogen and oxygen atoms in total. The predicted octanol–water partition coefficient (Wildman–Crippen LogP) is 2.18. The van der Waals surface area contributed by atoms with Gasteiger partial charge in [0.25, 0.3) is 0 Å². The lowest BCUT2D eigenvalue weighted by Gasteiger charge is -2.07. The van der Waals surface area contributed by atoms with Gasteiger partial charge < -0.3 is 9.67 Å². The summed E-state index contributed by atoms with van der Waals surface area (Å²) in [6, 6.07) is 6.33. The van der Waals surface area contributed by atoms with Gasteiger partial charge in [0, 0.05) is 12.7 Å². The van der Waals surface area contributed by atoms with E-state index in [1.807, 2.05) is 4.57 Å². The fourth-order valence-corrected chi connectivity index (χ4v) is 1.91. The lowest BCUT2D eigenvalue weighted by Crippen LogP contribution is -2.01. The first-order valence-corrected chi connectivity index (χ1v) is 5.83. The predicted molar refractivity (Wildman–Crippen MR) is 68.6 cm³/mol. The number of aryl methyl sites for hydroxylation is 2. The highest BCUT2D eigenvalue weighted by Crippen LogP contribution is 2.12. The van der Waals surface area contributed by atoms with Crippen LogP contribution in [0.3, 0.4) is 0 Å². The van der Waals surface area contributed by atoms with Crippen LogP contribution in [-0.2, 0) is 17.8 Å². The highest BCUT2D eigenvalue weighted by atomic mass is 16.4. The zero-order valence-corrected chi connectivity index (χ0v) is 10.6. The third kappa shape index (κ3) is 2.97. The van der Waals surface area contributed by atoms with Crippen LogP contribution in [0.25, 0.3) is 0 Å². The standard InChI is InChI=1S/C14H16N2O2/c1-10-3-4-11(2)12(5-10)7-16-8-13(15-9-16)6-14(17)18/h3-5,8-9H,6-7H2,1-2H3,(H,17,18). The molecule has 0 unspecified atom stereocenters. The molecule has 1 N–H and O–H groups in total. The first-order valence-electron chi connectivity index (χ1n) is 5.83. The Hall–Kier alpha value is -2.10. The molecule has 0 saturated heterocycles. The van der Waals surface area contributed by atoms with Crippen molar-refractivity contribution >= 4 is 5.97 Å². The molecule has 1 heterocycles. The number of carboxylic acids is 1. The van der Waals surface area contributed by atoms with Crippen molar-refractivity contribution in [3.63, 3.8) is 0 Å². The van der Waals surface area contributed by atoms with E-state index in [1.165, 1.54) is 16.7 Å². The van der Waals surface area contributed by atoms with Crippen molar-refractivity contribution in [3.05, 3.63) is 53.1 Å². The molecule has 0 radical (unpaired) electrons. The van der Waals surface area contributed by atoms with Crippen LogP contribution in [0.1, 0.15) is 22.4 Å². The lowest BCUT2D eigenvalue weighted by atomic mass is 10.1. The smallest absolute Gasteiger partial charge is 0.309 e. The van der Waals surface area contributed by atoms with Crippen molar-refractivity contribution in [3.8, 4) is 0 Å². The number of hydrogen-bond donors (Lipinski definition) is 1. The molecule has 0 saturated carbocycles. The molecule has 0 atom stereocenters. The Kier molecular flexibility index (Phi) is 3.46. The molecule has 94 valence electrons. The van der Waals surface area contributed by atoms with Crippen LogP contribution in [0.5, 0.6) is 0 Å². The summed E-state index contributed by atoms with van der Waals surface area (Å²) < 4.78 is 1.92. The van der Waals surface area contributed by atoms with Crippen LogP contribution >= 0.6 is 0 Å². The summed E-state index contributed by atoms with van der Waals surface area (Å²) in [7, 11) is 0. The second-order valence-corrected chi connectivity index (χ2v) is 4.54. The summed E-state index contributed by atoms with van der Waals surface area (Å²) in [6.07, 6.45) is 3.44. The Bertz CT molecular complexity index is 573. The minimum absolute atomic E-state index is 0.0280.